The number of nitrogens with two attached hydrogens (primary N) is 1. The Kier molecular flexibility index (Phi) is 10.7. The summed E-state index contributed by atoms with van der Waals surface area (Å²) in [6, 6.07) is 6.93. The van der Waals surface area contributed by atoms with Crippen molar-refractivity contribution >= 4 is 36.0 Å². The number of hydrogen-bond donors (Lipinski definition) is 5. The maximum Gasteiger partial charge on any atom is 0.273 e. The van der Waals surface area contributed by atoms with Gasteiger partial charge in [-0.3, -0.25) is 19.2 Å². The van der Waals surface area contributed by atoms with Crippen LogP contribution in [-0.4, -0.2) is 52.8 Å². The molecule has 1 aromatic carbocycles. The standard InChI is InChI=1S/C28H38N6O5.ClH/c1-17(2)22-26-32-21(16-39-26)23(35)30-14-7-6-11-19(33-27(38)28(29)12-8-13-28)24(36)31-20(25(37)34-22)15-18-9-4-3-5-10-18;/h3-5,9-10,16-17,19-20,22H,6-8,11-15,29H2,1-2H3,(H,30,35)(H,31,36)(H,33,38)(H,34,37);1H/t19-,20-,22-;/m0./s1. The third kappa shape index (κ3) is 7.60. The van der Waals surface area contributed by atoms with Gasteiger partial charge in [-0.15, -0.1) is 12.4 Å². The molecule has 218 valence electrons. The number of benzene rings is 1. The molecule has 2 aromatic rings. The summed E-state index contributed by atoms with van der Waals surface area (Å²) in [6.45, 7) is 4.16. The van der Waals surface area contributed by atoms with E-state index in [4.69, 9.17) is 10.2 Å². The van der Waals surface area contributed by atoms with E-state index >= 15 is 0 Å². The number of fused-ring (bicyclic) bond motifs is 2. The van der Waals surface area contributed by atoms with Crippen LogP contribution in [0.1, 0.15) is 80.4 Å². The summed E-state index contributed by atoms with van der Waals surface area (Å²) in [5.41, 5.74) is 6.23. The number of halogens is 1. The number of nitrogens with zero attached hydrogens (tertiary/aromatic N) is 1. The number of rotatable bonds is 5. The molecule has 11 nitrogen and oxygen atoms in total. The average molecular weight is 575 g/mol. The minimum atomic E-state index is -0.970. The van der Waals surface area contributed by atoms with Gasteiger partial charge in [0.15, 0.2) is 5.69 Å². The quantitative estimate of drug-likeness (QED) is 0.363. The van der Waals surface area contributed by atoms with Crippen molar-refractivity contribution in [1.82, 2.24) is 26.3 Å². The molecule has 3 atom stereocenters. The highest BCUT2D eigenvalue weighted by Gasteiger charge is 2.42. The molecular formula is C28H39ClN6O5. The van der Waals surface area contributed by atoms with Crippen LogP contribution in [0, 0.1) is 5.92 Å². The fourth-order valence-corrected chi connectivity index (χ4v) is 4.76. The van der Waals surface area contributed by atoms with Crippen molar-refractivity contribution in [3.05, 3.63) is 53.7 Å². The highest BCUT2D eigenvalue weighted by Crippen LogP contribution is 2.29. The number of carbonyl (C=O) groups is 4. The first-order valence-electron chi connectivity index (χ1n) is 13.6. The second-order valence-electron chi connectivity index (χ2n) is 10.8. The first-order valence-corrected chi connectivity index (χ1v) is 13.6. The number of nitrogens with one attached hydrogen (secondary N) is 4. The van der Waals surface area contributed by atoms with Gasteiger partial charge in [0, 0.05) is 13.0 Å². The Balaban J connectivity index is 0.00000441. The molecule has 2 aliphatic rings. The van der Waals surface area contributed by atoms with Gasteiger partial charge in [0.05, 0.1) is 5.54 Å². The molecule has 1 aromatic heterocycles. The van der Waals surface area contributed by atoms with Crippen LogP contribution in [0.15, 0.2) is 41.0 Å². The molecule has 0 unspecified atom stereocenters. The SMILES string of the molecule is CC(C)[C@@H]1NC(=O)[C@H](Cc2ccccc2)NC(=O)[C@@H](NC(=O)C2(N)CCC2)CCCCNC(=O)c2coc1n2.Cl. The Labute approximate surface area is 240 Å². The maximum absolute atomic E-state index is 13.6. The molecule has 4 rings (SSSR count). The zero-order chi connectivity index (χ0) is 28.0. The molecule has 40 heavy (non-hydrogen) atoms. The number of amides is 4. The molecule has 1 aliphatic carbocycles. The lowest BCUT2D eigenvalue weighted by atomic mass is 9.77. The molecule has 4 amide bonds. The van der Waals surface area contributed by atoms with Gasteiger partial charge in [-0.05, 0) is 50.0 Å². The van der Waals surface area contributed by atoms with Gasteiger partial charge in [-0.2, -0.15) is 0 Å². The van der Waals surface area contributed by atoms with Gasteiger partial charge in [-0.1, -0.05) is 44.2 Å². The Hall–Kier alpha value is -3.44. The van der Waals surface area contributed by atoms with E-state index in [-0.39, 0.29) is 48.1 Å². The number of oxazole rings is 1. The second-order valence-corrected chi connectivity index (χ2v) is 10.8. The van der Waals surface area contributed by atoms with Crippen LogP contribution in [-0.2, 0) is 20.8 Å². The van der Waals surface area contributed by atoms with Crippen LogP contribution < -0.4 is 27.0 Å². The third-order valence-corrected chi connectivity index (χ3v) is 7.43. The second kappa shape index (κ2) is 13.8. The van der Waals surface area contributed by atoms with E-state index in [1.807, 2.05) is 44.2 Å². The largest absolute Gasteiger partial charge is 0.446 e. The lowest BCUT2D eigenvalue weighted by Gasteiger charge is -2.37. The van der Waals surface area contributed by atoms with Crippen molar-refractivity contribution in [3.8, 4) is 0 Å². The monoisotopic (exact) mass is 574 g/mol. The van der Waals surface area contributed by atoms with Crippen LogP contribution in [0.4, 0.5) is 0 Å². The minimum absolute atomic E-state index is 0. The summed E-state index contributed by atoms with van der Waals surface area (Å²) in [5.74, 6) is -1.55. The molecule has 1 fully saturated rings. The Morgan fingerprint density at radius 1 is 1.10 bits per heavy atom. The fraction of sp³-hybridized carbons (Fsp3) is 0.536. The summed E-state index contributed by atoms with van der Waals surface area (Å²) < 4.78 is 5.58. The van der Waals surface area contributed by atoms with Gasteiger partial charge in [0.1, 0.15) is 24.4 Å². The van der Waals surface area contributed by atoms with Crippen LogP contribution in [0.5, 0.6) is 0 Å². The first kappa shape index (κ1) is 31.1. The van der Waals surface area contributed by atoms with Gasteiger partial charge in [0.25, 0.3) is 5.91 Å². The highest BCUT2D eigenvalue weighted by atomic mass is 35.5. The molecule has 1 saturated carbocycles. The summed E-state index contributed by atoms with van der Waals surface area (Å²) in [4.78, 5) is 57.0. The summed E-state index contributed by atoms with van der Waals surface area (Å²) in [6.07, 6.45) is 4.96. The Morgan fingerprint density at radius 2 is 1.82 bits per heavy atom. The normalized spacial score (nSPS) is 23.6. The van der Waals surface area contributed by atoms with E-state index in [9.17, 15) is 19.2 Å². The molecule has 2 bridgehead atoms. The van der Waals surface area contributed by atoms with Crippen molar-refractivity contribution in [2.45, 2.75) is 82.5 Å². The molecule has 1 aliphatic heterocycles. The van der Waals surface area contributed by atoms with Crippen molar-refractivity contribution in [2.75, 3.05) is 6.54 Å². The lowest BCUT2D eigenvalue weighted by molar-refractivity contribution is -0.135. The fourth-order valence-electron chi connectivity index (χ4n) is 4.76. The number of aromatic nitrogens is 1. The Morgan fingerprint density at radius 3 is 2.48 bits per heavy atom. The molecule has 0 saturated heterocycles. The van der Waals surface area contributed by atoms with E-state index in [2.05, 4.69) is 26.3 Å². The zero-order valence-corrected chi connectivity index (χ0v) is 23.7. The summed E-state index contributed by atoms with van der Waals surface area (Å²) >= 11 is 0. The summed E-state index contributed by atoms with van der Waals surface area (Å²) in [5, 5.41) is 11.5. The highest BCUT2D eigenvalue weighted by molar-refractivity contribution is 5.95. The van der Waals surface area contributed by atoms with Gasteiger partial charge in [0.2, 0.25) is 23.6 Å². The molecule has 2 heterocycles. The number of hydrogen-bond acceptors (Lipinski definition) is 7. The van der Waals surface area contributed by atoms with E-state index in [0.29, 0.717) is 38.6 Å². The molecule has 6 N–H and O–H groups in total. The first-order chi connectivity index (χ1) is 18.7. The van der Waals surface area contributed by atoms with Crippen LogP contribution >= 0.6 is 12.4 Å². The van der Waals surface area contributed by atoms with Crippen molar-refractivity contribution in [3.63, 3.8) is 0 Å². The molecular weight excluding hydrogens is 536 g/mol. The predicted octanol–water partition coefficient (Wildman–Crippen LogP) is 1.92. The Bertz CT molecular complexity index is 1180. The smallest absolute Gasteiger partial charge is 0.273 e. The van der Waals surface area contributed by atoms with Gasteiger partial charge in [-0.25, -0.2) is 4.98 Å². The number of carbonyl (C=O) groups excluding carboxylic acids is 4. The summed E-state index contributed by atoms with van der Waals surface area (Å²) in [7, 11) is 0. The van der Waals surface area contributed by atoms with Crippen molar-refractivity contribution in [1.29, 1.82) is 0 Å². The molecule has 0 spiro atoms. The van der Waals surface area contributed by atoms with Crippen LogP contribution in [0.3, 0.4) is 0 Å². The van der Waals surface area contributed by atoms with Crippen LogP contribution in [0.25, 0.3) is 0 Å². The third-order valence-electron chi connectivity index (χ3n) is 7.43. The predicted molar refractivity (Wildman–Crippen MR) is 150 cm³/mol. The van der Waals surface area contributed by atoms with Gasteiger partial charge >= 0.3 is 0 Å². The van der Waals surface area contributed by atoms with Crippen molar-refractivity contribution in [2.24, 2.45) is 11.7 Å². The van der Waals surface area contributed by atoms with E-state index in [1.54, 1.807) is 0 Å². The van der Waals surface area contributed by atoms with E-state index in [0.717, 1.165) is 12.0 Å². The van der Waals surface area contributed by atoms with E-state index < -0.39 is 35.5 Å². The topological polar surface area (TPSA) is 168 Å². The maximum atomic E-state index is 13.6. The van der Waals surface area contributed by atoms with Crippen LogP contribution in [0.2, 0.25) is 0 Å². The van der Waals surface area contributed by atoms with Crippen molar-refractivity contribution < 1.29 is 23.6 Å². The zero-order valence-electron chi connectivity index (χ0n) is 22.9. The molecule has 0 radical (unpaired) electrons. The van der Waals surface area contributed by atoms with E-state index in [1.165, 1.54) is 6.26 Å². The molecule has 12 heteroatoms. The average Bonchev–Trinajstić information content (AvgIpc) is 3.38. The minimum Gasteiger partial charge on any atom is -0.446 e. The lowest BCUT2D eigenvalue weighted by Crippen LogP contribution is -2.62. The van der Waals surface area contributed by atoms with Gasteiger partial charge < -0.3 is 31.4 Å².